The van der Waals surface area contributed by atoms with E-state index in [0.29, 0.717) is 40.6 Å². The van der Waals surface area contributed by atoms with E-state index >= 15 is 4.39 Å². The number of aromatic amines is 2. The molecule has 59 heavy (non-hydrogen) atoms. The molecule has 0 aliphatic carbocycles. The highest BCUT2D eigenvalue weighted by Crippen LogP contribution is 2.48. The summed E-state index contributed by atoms with van der Waals surface area (Å²) in [6.45, 7) is 5.09. The molecule has 2 amide bonds. The van der Waals surface area contributed by atoms with Gasteiger partial charge >= 0.3 is 12.3 Å². The number of nitrogens with one attached hydrogen (secondary N) is 4. The minimum absolute atomic E-state index is 0.138. The van der Waals surface area contributed by atoms with Crippen molar-refractivity contribution in [2.24, 2.45) is 5.92 Å². The van der Waals surface area contributed by atoms with Crippen molar-refractivity contribution in [2.45, 2.75) is 76.5 Å². The molecule has 3 aliphatic heterocycles. The third-order valence-electron chi connectivity index (χ3n) is 11.4. The number of alkyl carbamates (subject to hydrolysis) is 1. The first-order chi connectivity index (χ1) is 28.3. The zero-order valence-corrected chi connectivity index (χ0v) is 33.3. The van der Waals surface area contributed by atoms with E-state index in [2.05, 4.69) is 30.6 Å². The second-order valence-corrected chi connectivity index (χ2v) is 16.8. The molecule has 0 saturated carbocycles. The Labute approximate surface area is 340 Å². The lowest BCUT2D eigenvalue weighted by molar-refractivity contribution is -0.135. The Balaban J connectivity index is 1.07. The number of hydrogen-bond donors (Lipinski definition) is 4. The average Bonchev–Trinajstić information content (AvgIpc) is 4.05. The van der Waals surface area contributed by atoms with Gasteiger partial charge in [0.1, 0.15) is 29.3 Å². The van der Waals surface area contributed by atoms with Crippen molar-refractivity contribution in [2.75, 3.05) is 20.2 Å². The van der Waals surface area contributed by atoms with Gasteiger partial charge in [0.2, 0.25) is 12.1 Å². The summed E-state index contributed by atoms with van der Waals surface area (Å²) >= 11 is 1.01. The summed E-state index contributed by atoms with van der Waals surface area (Å²) in [6.07, 6.45) is -0.230. The number of nitrogens with zero attached hydrogens (tertiary/aromatic N) is 4. The number of rotatable bonds is 9. The average molecular weight is 831 g/mol. The van der Waals surface area contributed by atoms with Crippen LogP contribution in [0.5, 0.6) is 5.75 Å². The minimum Gasteiger partial charge on any atom is -0.464 e. The van der Waals surface area contributed by atoms with Crippen LogP contribution in [0.4, 0.5) is 22.4 Å². The maximum atomic E-state index is 16.6. The standard InChI is InChI=1S/C42H42F4N8O4S/c1-21(2)36(52-41(56)57-3)39(55)53-13-5-7-31(53)38-49-20-29(51-38)23-15-26(43)35-32-16-24-14-22(28-19-48-37(50-28)27-6-4-12-47-27)8-10-30(24)54(32)40(58-33(35)17-23)34-11-9-25(59-34)18-42(44,45)46/h8-11,14-17,19-21,27,31,36,40,47H,4-7,12-13,18H2,1-3H3,(H,48,50)(H,49,51)(H,52,56)/t27?,31-,36-,40?/m0/s1. The number of hydrogen-bond acceptors (Lipinski definition) is 8. The molecule has 2 saturated heterocycles. The predicted octanol–water partition coefficient (Wildman–Crippen LogP) is 8.80. The first-order valence-corrected chi connectivity index (χ1v) is 20.5. The summed E-state index contributed by atoms with van der Waals surface area (Å²) in [5.41, 5.74) is 4.10. The fourth-order valence-corrected chi connectivity index (χ4v) is 9.59. The van der Waals surface area contributed by atoms with Crippen molar-refractivity contribution in [3.63, 3.8) is 0 Å². The van der Waals surface area contributed by atoms with Gasteiger partial charge in [0.05, 0.1) is 71.0 Å². The number of methoxy groups -OCH3 is 1. The van der Waals surface area contributed by atoms with E-state index in [1.807, 2.05) is 42.7 Å². The molecule has 2 aromatic carbocycles. The highest BCUT2D eigenvalue weighted by molar-refractivity contribution is 7.12. The van der Waals surface area contributed by atoms with Gasteiger partial charge < -0.3 is 35.0 Å². The van der Waals surface area contributed by atoms with Crippen molar-refractivity contribution in [1.29, 1.82) is 0 Å². The third-order valence-corrected chi connectivity index (χ3v) is 12.5. The van der Waals surface area contributed by atoms with Crippen LogP contribution >= 0.6 is 11.3 Å². The molecular formula is C42H42F4N8O4S. The molecule has 0 bridgehead atoms. The molecule has 17 heteroatoms. The molecule has 4 atom stereocenters. The number of ether oxygens (including phenoxy) is 2. The van der Waals surface area contributed by atoms with Gasteiger partial charge in [0, 0.05) is 27.9 Å². The second kappa shape index (κ2) is 15.2. The van der Waals surface area contributed by atoms with E-state index in [9.17, 15) is 22.8 Å². The predicted molar refractivity (Wildman–Crippen MR) is 213 cm³/mol. The zero-order chi connectivity index (χ0) is 41.2. The highest BCUT2D eigenvalue weighted by atomic mass is 32.1. The van der Waals surface area contributed by atoms with E-state index in [4.69, 9.17) is 9.47 Å². The van der Waals surface area contributed by atoms with Crippen LogP contribution in [-0.4, -0.2) is 73.8 Å². The lowest BCUT2D eigenvalue weighted by Gasteiger charge is -2.30. The van der Waals surface area contributed by atoms with Crippen LogP contribution in [0.1, 0.15) is 79.2 Å². The van der Waals surface area contributed by atoms with Gasteiger partial charge in [-0.05, 0) is 80.6 Å². The first kappa shape index (κ1) is 38.8. The van der Waals surface area contributed by atoms with E-state index < -0.39 is 42.8 Å². The highest BCUT2D eigenvalue weighted by Gasteiger charge is 2.38. The molecule has 4 aromatic heterocycles. The monoisotopic (exact) mass is 830 g/mol. The Bertz CT molecular complexity index is 2550. The van der Waals surface area contributed by atoms with Crippen LogP contribution in [0.2, 0.25) is 0 Å². The Morgan fingerprint density at radius 3 is 2.53 bits per heavy atom. The van der Waals surface area contributed by atoms with Crippen LogP contribution in [-0.2, 0) is 16.0 Å². The maximum absolute atomic E-state index is 16.6. The van der Waals surface area contributed by atoms with Crippen LogP contribution in [0.15, 0.2) is 60.9 Å². The number of fused-ring (bicyclic) bond motifs is 5. The summed E-state index contributed by atoms with van der Waals surface area (Å²) in [6, 6.07) is 12.9. The van der Waals surface area contributed by atoms with Gasteiger partial charge in [0.25, 0.3) is 0 Å². The first-order valence-electron chi connectivity index (χ1n) is 19.6. The molecular weight excluding hydrogens is 789 g/mol. The van der Waals surface area contributed by atoms with E-state index in [1.54, 1.807) is 29.4 Å². The summed E-state index contributed by atoms with van der Waals surface area (Å²) in [5, 5.41) is 6.89. The fraction of sp³-hybridized carbons (Fsp3) is 0.381. The van der Waals surface area contributed by atoms with Crippen molar-refractivity contribution in [3.8, 4) is 39.5 Å². The number of carbonyl (C=O) groups excluding carboxylic acids is 2. The molecule has 6 aromatic rings. The minimum atomic E-state index is -4.38. The summed E-state index contributed by atoms with van der Waals surface area (Å²) < 4.78 is 70.2. The normalized spacial score (nSPS) is 19.5. The van der Waals surface area contributed by atoms with E-state index in [1.165, 1.54) is 19.2 Å². The van der Waals surface area contributed by atoms with Crippen LogP contribution in [0.3, 0.4) is 0 Å². The molecule has 2 fully saturated rings. The number of imidazole rings is 2. The number of carbonyl (C=O) groups is 2. The van der Waals surface area contributed by atoms with Crippen LogP contribution < -0.4 is 15.4 Å². The number of benzene rings is 2. The van der Waals surface area contributed by atoms with Gasteiger partial charge in [-0.1, -0.05) is 19.9 Å². The molecule has 308 valence electrons. The lowest BCUT2D eigenvalue weighted by atomic mass is 10.0. The molecule has 2 unspecified atom stereocenters. The Kier molecular flexibility index (Phi) is 9.98. The second-order valence-electron chi connectivity index (χ2n) is 15.6. The number of amides is 2. The van der Waals surface area contributed by atoms with Gasteiger partial charge in [-0.25, -0.2) is 19.2 Å². The molecule has 3 aliphatic rings. The molecule has 7 heterocycles. The molecule has 12 nitrogen and oxygen atoms in total. The lowest BCUT2D eigenvalue weighted by Crippen LogP contribution is -2.51. The molecule has 0 radical (unpaired) electrons. The third kappa shape index (κ3) is 7.34. The van der Waals surface area contributed by atoms with Crippen molar-refractivity contribution >= 4 is 34.2 Å². The number of H-pyrrole nitrogens is 2. The number of aromatic nitrogens is 5. The molecule has 9 rings (SSSR count). The summed E-state index contributed by atoms with van der Waals surface area (Å²) in [7, 11) is 1.24. The summed E-state index contributed by atoms with van der Waals surface area (Å²) in [4.78, 5) is 44.1. The van der Waals surface area contributed by atoms with Crippen molar-refractivity contribution < 1.29 is 36.6 Å². The number of thiophene rings is 1. The number of alkyl halides is 3. The van der Waals surface area contributed by atoms with Gasteiger partial charge in [-0.3, -0.25) is 9.36 Å². The van der Waals surface area contributed by atoms with Gasteiger partial charge in [-0.15, -0.1) is 11.3 Å². The van der Waals surface area contributed by atoms with Gasteiger partial charge in [0.15, 0.2) is 0 Å². The summed E-state index contributed by atoms with van der Waals surface area (Å²) in [5.74, 6) is 0.582. The maximum Gasteiger partial charge on any atom is 0.407 e. The Morgan fingerprint density at radius 1 is 1.00 bits per heavy atom. The Hall–Kier alpha value is -5.68. The smallest absolute Gasteiger partial charge is 0.407 e. The van der Waals surface area contributed by atoms with Crippen LogP contribution in [0, 0.1) is 11.7 Å². The molecule has 0 spiro atoms. The van der Waals surface area contributed by atoms with Crippen molar-refractivity contribution in [1.82, 2.24) is 40.0 Å². The molecule has 4 N–H and O–H groups in total. The fourth-order valence-electron chi connectivity index (χ4n) is 8.53. The number of likely N-dealkylation sites (tertiary alicyclic amines) is 1. The van der Waals surface area contributed by atoms with E-state index in [-0.39, 0.29) is 34.1 Å². The van der Waals surface area contributed by atoms with Crippen molar-refractivity contribution in [3.05, 3.63) is 88.1 Å². The van der Waals surface area contributed by atoms with Crippen LogP contribution in [0.25, 0.3) is 44.7 Å². The van der Waals surface area contributed by atoms with Gasteiger partial charge in [-0.2, -0.15) is 13.2 Å². The zero-order valence-electron chi connectivity index (χ0n) is 32.5. The topological polar surface area (TPSA) is 142 Å². The number of halogens is 4. The quantitative estimate of drug-likeness (QED) is 0.107. The SMILES string of the molecule is COC(=O)N[C@H](C(=O)N1CCC[C@H]1c1ncc(-c2cc(F)c3c(c2)OC(c2ccc(CC(F)(F)F)s2)n2c-3cc3cc(-c4cnc(C5CCCN5)[nH]4)ccc32)[nH]1)C(C)C. The Morgan fingerprint density at radius 2 is 1.78 bits per heavy atom. The largest absolute Gasteiger partial charge is 0.464 e. The van der Waals surface area contributed by atoms with E-state index in [0.717, 1.165) is 65.1 Å².